The average molecular weight is 292 g/mol. The number of ether oxygens (including phenoxy) is 1. The molecule has 4 heteroatoms. The van der Waals surface area contributed by atoms with Crippen molar-refractivity contribution in [3.8, 4) is 0 Å². The number of hydrogen-bond donors (Lipinski definition) is 2. The summed E-state index contributed by atoms with van der Waals surface area (Å²) in [5, 5.41) is 3.91. The van der Waals surface area contributed by atoms with E-state index in [2.05, 4.69) is 10.3 Å². The van der Waals surface area contributed by atoms with Crippen molar-refractivity contribution in [2.45, 2.75) is 6.10 Å². The van der Waals surface area contributed by atoms with Crippen LogP contribution in [0.15, 0.2) is 54.6 Å². The van der Waals surface area contributed by atoms with Gasteiger partial charge in [0.1, 0.15) is 11.8 Å². The molecule has 0 radical (unpaired) electrons. The van der Waals surface area contributed by atoms with E-state index in [0.29, 0.717) is 18.8 Å². The number of amides is 1. The molecule has 2 aromatic carbocycles. The zero-order valence-corrected chi connectivity index (χ0v) is 12.0. The molecule has 2 N–H and O–H groups in total. The second-order valence-electron chi connectivity index (χ2n) is 5.38. The molecule has 2 heterocycles. The van der Waals surface area contributed by atoms with Gasteiger partial charge in [-0.15, -0.1) is 0 Å². The second kappa shape index (κ2) is 5.31. The van der Waals surface area contributed by atoms with E-state index in [9.17, 15) is 4.79 Å². The van der Waals surface area contributed by atoms with Crippen molar-refractivity contribution in [3.63, 3.8) is 0 Å². The van der Waals surface area contributed by atoms with Gasteiger partial charge in [0, 0.05) is 23.0 Å². The summed E-state index contributed by atoms with van der Waals surface area (Å²) in [5.41, 5.74) is 3.52. The molecular formula is C18H16N2O2. The number of aromatic nitrogens is 1. The van der Waals surface area contributed by atoms with Crippen LogP contribution in [0, 0.1) is 0 Å². The Hall–Kier alpha value is -2.59. The van der Waals surface area contributed by atoms with Gasteiger partial charge in [0.05, 0.1) is 6.61 Å². The molecule has 3 aromatic rings. The minimum Gasteiger partial charge on any atom is -0.367 e. The van der Waals surface area contributed by atoms with Gasteiger partial charge in [0.25, 0.3) is 5.91 Å². The van der Waals surface area contributed by atoms with E-state index in [4.69, 9.17) is 4.74 Å². The minimum atomic E-state index is -0.238. The zero-order chi connectivity index (χ0) is 14.9. The summed E-state index contributed by atoms with van der Waals surface area (Å²) in [6.45, 7) is 1.00. The molecule has 22 heavy (non-hydrogen) atoms. The molecule has 0 saturated heterocycles. The van der Waals surface area contributed by atoms with Gasteiger partial charge in [-0.05, 0) is 11.6 Å². The summed E-state index contributed by atoms with van der Waals surface area (Å²) in [7, 11) is 0. The standard InChI is InChI=1S/C18H16N2O2/c21-18-16-15(13-8-4-5-9-14(13)20-16)17(22-11-10-19-18)12-6-2-1-3-7-12/h1-9,17,20H,10-11H2,(H,19,21). The molecule has 4 rings (SSSR count). The van der Waals surface area contributed by atoms with Crippen molar-refractivity contribution >= 4 is 16.8 Å². The van der Waals surface area contributed by atoms with Crippen LogP contribution in [0.4, 0.5) is 0 Å². The Morgan fingerprint density at radius 1 is 1.00 bits per heavy atom. The predicted molar refractivity (Wildman–Crippen MR) is 84.9 cm³/mol. The Balaban J connectivity index is 1.98. The van der Waals surface area contributed by atoms with Gasteiger partial charge in [0.2, 0.25) is 0 Å². The third-order valence-corrected chi connectivity index (χ3v) is 4.01. The molecule has 1 unspecified atom stereocenters. The monoisotopic (exact) mass is 292 g/mol. The second-order valence-corrected chi connectivity index (χ2v) is 5.38. The van der Waals surface area contributed by atoms with Crippen molar-refractivity contribution in [1.82, 2.24) is 10.3 Å². The Bertz CT molecular complexity index is 823. The fraction of sp³-hybridized carbons (Fsp3) is 0.167. The fourth-order valence-corrected chi connectivity index (χ4v) is 3.02. The SMILES string of the molecule is O=C1NCCOC(c2ccccc2)c2c1[nH]c1ccccc21. The molecule has 1 aromatic heterocycles. The first-order valence-corrected chi connectivity index (χ1v) is 7.40. The number of H-pyrrole nitrogens is 1. The summed E-state index contributed by atoms with van der Waals surface area (Å²) in [6, 6.07) is 18.0. The molecule has 4 nitrogen and oxygen atoms in total. The Labute approximate surface area is 128 Å². The molecule has 110 valence electrons. The smallest absolute Gasteiger partial charge is 0.268 e. The minimum absolute atomic E-state index is 0.0737. The van der Waals surface area contributed by atoms with Crippen LogP contribution in [0.3, 0.4) is 0 Å². The highest BCUT2D eigenvalue weighted by Crippen LogP contribution is 2.35. The predicted octanol–water partition coefficient (Wildman–Crippen LogP) is 3.02. The lowest BCUT2D eigenvalue weighted by molar-refractivity contribution is 0.0694. The first-order chi connectivity index (χ1) is 10.8. The van der Waals surface area contributed by atoms with Gasteiger partial charge in [-0.2, -0.15) is 0 Å². The number of rotatable bonds is 1. The summed E-state index contributed by atoms with van der Waals surface area (Å²) in [5.74, 6) is -0.0737. The van der Waals surface area contributed by atoms with Crippen molar-refractivity contribution < 1.29 is 9.53 Å². The molecule has 1 aliphatic heterocycles. The van der Waals surface area contributed by atoms with Crippen molar-refractivity contribution in [2.24, 2.45) is 0 Å². The maximum absolute atomic E-state index is 12.4. The van der Waals surface area contributed by atoms with E-state index >= 15 is 0 Å². The number of nitrogens with one attached hydrogen (secondary N) is 2. The van der Waals surface area contributed by atoms with E-state index < -0.39 is 0 Å². The molecule has 1 atom stereocenters. The largest absolute Gasteiger partial charge is 0.367 e. The van der Waals surface area contributed by atoms with Crippen LogP contribution in [0.25, 0.3) is 10.9 Å². The quantitative estimate of drug-likeness (QED) is 0.724. The lowest BCUT2D eigenvalue weighted by atomic mass is 9.97. The van der Waals surface area contributed by atoms with Crippen LogP contribution in [-0.4, -0.2) is 24.0 Å². The Kier molecular flexibility index (Phi) is 3.16. The lowest BCUT2D eigenvalue weighted by Crippen LogP contribution is -2.32. The van der Waals surface area contributed by atoms with Crippen molar-refractivity contribution in [3.05, 3.63) is 71.4 Å². The fourth-order valence-electron chi connectivity index (χ4n) is 3.02. The summed E-state index contributed by atoms with van der Waals surface area (Å²) in [6.07, 6.45) is -0.238. The van der Waals surface area contributed by atoms with Gasteiger partial charge in [-0.25, -0.2) is 0 Å². The molecule has 0 saturated carbocycles. The summed E-state index contributed by atoms with van der Waals surface area (Å²) >= 11 is 0. The molecule has 1 aliphatic rings. The molecule has 0 bridgehead atoms. The van der Waals surface area contributed by atoms with E-state index in [1.165, 1.54) is 0 Å². The van der Waals surface area contributed by atoms with Crippen LogP contribution in [-0.2, 0) is 4.74 Å². The maximum Gasteiger partial charge on any atom is 0.268 e. The van der Waals surface area contributed by atoms with Crippen molar-refractivity contribution in [2.75, 3.05) is 13.2 Å². The van der Waals surface area contributed by atoms with Crippen LogP contribution >= 0.6 is 0 Å². The molecule has 0 fully saturated rings. The number of carbonyl (C=O) groups is 1. The van der Waals surface area contributed by atoms with Gasteiger partial charge in [-0.3, -0.25) is 4.79 Å². The van der Waals surface area contributed by atoms with Gasteiger partial charge in [-0.1, -0.05) is 48.5 Å². The lowest BCUT2D eigenvalue weighted by Gasteiger charge is -2.22. The number of hydrogen-bond acceptors (Lipinski definition) is 2. The normalized spacial score (nSPS) is 18.4. The number of carbonyl (C=O) groups excluding carboxylic acids is 1. The number of aromatic amines is 1. The first kappa shape index (κ1) is 13.1. The molecule has 1 amide bonds. The topological polar surface area (TPSA) is 54.1 Å². The molecule has 0 spiro atoms. The highest BCUT2D eigenvalue weighted by molar-refractivity contribution is 6.01. The molecular weight excluding hydrogens is 276 g/mol. The number of fused-ring (bicyclic) bond motifs is 3. The highest BCUT2D eigenvalue weighted by Gasteiger charge is 2.27. The molecule has 0 aliphatic carbocycles. The van der Waals surface area contributed by atoms with E-state index in [-0.39, 0.29) is 12.0 Å². The number of para-hydroxylation sites is 1. The Morgan fingerprint density at radius 2 is 1.77 bits per heavy atom. The maximum atomic E-state index is 12.4. The van der Waals surface area contributed by atoms with Crippen LogP contribution in [0.5, 0.6) is 0 Å². The first-order valence-electron chi connectivity index (χ1n) is 7.40. The van der Waals surface area contributed by atoms with Crippen molar-refractivity contribution in [1.29, 1.82) is 0 Å². The third-order valence-electron chi connectivity index (χ3n) is 4.01. The van der Waals surface area contributed by atoms with E-state index in [1.807, 2.05) is 54.6 Å². The van der Waals surface area contributed by atoms with Gasteiger partial charge >= 0.3 is 0 Å². The number of benzene rings is 2. The summed E-state index contributed by atoms with van der Waals surface area (Å²) < 4.78 is 6.08. The highest BCUT2D eigenvalue weighted by atomic mass is 16.5. The van der Waals surface area contributed by atoms with Crippen LogP contribution in [0.2, 0.25) is 0 Å². The van der Waals surface area contributed by atoms with Gasteiger partial charge < -0.3 is 15.0 Å². The summed E-state index contributed by atoms with van der Waals surface area (Å²) in [4.78, 5) is 15.6. The van der Waals surface area contributed by atoms with Crippen LogP contribution in [0.1, 0.15) is 27.7 Å². The van der Waals surface area contributed by atoms with E-state index in [0.717, 1.165) is 22.0 Å². The van der Waals surface area contributed by atoms with E-state index in [1.54, 1.807) is 0 Å². The third kappa shape index (κ3) is 2.09. The average Bonchev–Trinajstić information content (AvgIpc) is 2.93. The van der Waals surface area contributed by atoms with Crippen LogP contribution < -0.4 is 5.32 Å². The van der Waals surface area contributed by atoms with Gasteiger partial charge in [0.15, 0.2) is 0 Å². The zero-order valence-electron chi connectivity index (χ0n) is 12.0. The Morgan fingerprint density at radius 3 is 2.64 bits per heavy atom.